The molecule has 1 saturated carbocycles. The highest BCUT2D eigenvalue weighted by atomic mass is 19.1. The van der Waals surface area contributed by atoms with Crippen LogP contribution in [0.3, 0.4) is 0 Å². The van der Waals surface area contributed by atoms with Crippen LogP contribution in [0.4, 0.5) is 20.4 Å². The number of pyridine rings is 3. The second-order valence-electron chi connectivity index (χ2n) is 8.37. The molecule has 1 aliphatic heterocycles. The van der Waals surface area contributed by atoms with Gasteiger partial charge in [-0.2, -0.15) is 4.98 Å². The summed E-state index contributed by atoms with van der Waals surface area (Å²) in [5, 5.41) is 13.7. The zero-order chi connectivity index (χ0) is 22.8. The molecule has 8 nitrogen and oxygen atoms in total. The van der Waals surface area contributed by atoms with Gasteiger partial charge in [-0.15, -0.1) is 0 Å². The molecule has 2 aliphatic rings. The van der Waals surface area contributed by atoms with Crippen molar-refractivity contribution in [3.05, 3.63) is 42.2 Å². The fraction of sp³-hybridized carbons (Fsp3) is 0.435. The lowest BCUT2D eigenvalue weighted by molar-refractivity contribution is 0.122. The van der Waals surface area contributed by atoms with Gasteiger partial charge in [-0.1, -0.05) is 0 Å². The van der Waals surface area contributed by atoms with E-state index in [9.17, 15) is 13.9 Å². The number of anilines is 2. The molecule has 0 atom stereocenters. The van der Waals surface area contributed by atoms with Crippen LogP contribution in [0.1, 0.15) is 25.7 Å². The molecular formula is C23H25F2N5O3. The van der Waals surface area contributed by atoms with E-state index in [1.165, 1.54) is 6.20 Å². The summed E-state index contributed by atoms with van der Waals surface area (Å²) >= 11 is 0. The van der Waals surface area contributed by atoms with E-state index in [4.69, 9.17) is 14.5 Å². The number of hydrogen-bond acceptors (Lipinski definition) is 8. The molecule has 10 heteroatoms. The Morgan fingerprint density at radius 3 is 2.58 bits per heavy atom. The van der Waals surface area contributed by atoms with Crippen LogP contribution in [0.5, 0.6) is 11.6 Å². The molecule has 2 N–H and O–H groups in total. The molecule has 3 aromatic heterocycles. The Bertz CT molecular complexity index is 1130. The minimum atomic E-state index is -0.699. The quantitative estimate of drug-likeness (QED) is 0.600. The summed E-state index contributed by atoms with van der Waals surface area (Å²) in [6.07, 6.45) is 5.29. The average Bonchev–Trinajstić information content (AvgIpc) is 2.83. The second-order valence-corrected chi connectivity index (χ2v) is 8.37. The molecule has 0 aromatic carbocycles. The Labute approximate surface area is 189 Å². The Balaban J connectivity index is 1.30. The van der Waals surface area contributed by atoms with Crippen molar-refractivity contribution in [1.82, 2.24) is 15.0 Å². The first kappa shape index (κ1) is 21.6. The molecule has 2 fully saturated rings. The van der Waals surface area contributed by atoms with Crippen LogP contribution >= 0.6 is 0 Å². The molecule has 3 aromatic rings. The van der Waals surface area contributed by atoms with Crippen LogP contribution in [-0.2, 0) is 4.74 Å². The van der Waals surface area contributed by atoms with Crippen molar-refractivity contribution in [2.75, 3.05) is 36.5 Å². The number of halogens is 2. The molecule has 33 heavy (non-hydrogen) atoms. The number of ether oxygens (including phenoxy) is 2. The predicted octanol–water partition coefficient (Wildman–Crippen LogP) is 3.65. The molecule has 1 aliphatic carbocycles. The maximum absolute atomic E-state index is 13.9. The van der Waals surface area contributed by atoms with E-state index in [0.29, 0.717) is 30.0 Å². The largest absolute Gasteiger partial charge is 0.506 e. The SMILES string of the molecule is Oc1cnc2cc(N3CCOCC3)nc(OC3CCC(Nc4ncc(F)cc4F)CC3)c2c1. The van der Waals surface area contributed by atoms with Gasteiger partial charge in [-0.05, 0) is 31.7 Å². The zero-order valence-corrected chi connectivity index (χ0v) is 18.0. The van der Waals surface area contributed by atoms with Crippen LogP contribution in [0.2, 0.25) is 0 Å². The maximum Gasteiger partial charge on any atom is 0.225 e. The van der Waals surface area contributed by atoms with E-state index in [2.05, 4.69) is 20.2 Å². The molecule has 0 unspecified atom stereocenters. The predicted molar refractivity (Wildman–Crippen MR) is 119 cm³/mol. The summed E-state index contributed by atoms with van der Waals surface area (Å²) in [6.45, 7) is 2.75. The molecular weight excluding hydrogens is 432 g/mol. The van der Waals surface area contributed by atoms with Gasteiger partial charge in [0, 0.05) is 31.3 Å². The van der Waals surface area contributed by atoms with Crippen molar-refractivity contribution in [3.8, 4) is 11.6 Å². The van der Waals surface area contributed by atoms with Gasteiger partial charge in [0.25, 0.3) is 0 Å². The Hall–Kier alpha value is -3.27. The standard InChI is InChI=1S/C23H25F2N5O3/c24-14-9-19(25)22(27-12-14)28-15-1-3-17(4-2-15)33-23-18-10-16(31)13-26-20(18)11-21(29-23)30-5-7-32-8-6-30/h9-13,15,17,31H,1-8H2,(H,27,28). The third-order valence-electron chi connectivity index (χ3n) is 6.05. The van der Waals surface area contributed by atoms with Crippen LogP contribution in [0.25, 0.3) is 10.9 Å². The summed E-state index contributed by atoms with van der Waals surface area (Å²) in [5.41, 5.74) is 0.701. The molecule has 0 bridgehead atoms. The van der Waals surface area contributed by atoms with Crippen LogP contribution in [0.15, 0.2) is 30.6 Å². The van der Waals surface area contributed by atoms with Gasteiger partial charge in [-0.3, -0.25) is 4.98 Å². The van der Waals surface area contributed by atoms with Crippen molar-refractivity contribution >= 4 is 22.5 Å². The summed E-state index contributed by atoms with van der Waals surface area (Å²) in [6, 6.07) is 4.36. The Morgan fingerprint density at radius 1 is 1.03 bits per heavy atom. The lowest BCUT2D eigenvalue weighted by Crippen LogP contribution is -2.37. The van der Waals surface area contributed by atoms with E-state index < -0.39 is 11.6 Å². The van der Waals surface area contributed by atoms with Crippen molar-refractivity contribution in [3.63, 3.8) is 0 Å². The monoisotopic (exact) mass is 457 g/mol. The molecule has 0 spiro atoms. The Kier molecular flexibility index (Phi) is 6.08. The van der Waals surface area contributed by atoms with Gasteiger partial charge < -0.3 is 24.8 Å². The number of aromatic nitrogens is 3. The van der Waals surface area contributed by atoms with E-state index in [1.54, 1.807) is 6.07 Å². The van der Waals surface area contributed by atoms with Crippen molar-refractivity contribution in [1.29, 1.82) is 0 Å². The molecule has 0 radical (unpaired) electrons. The van der Waals surface area contributed by atoms with Crippen molar-refractivity contribution in [2.24, 2.45) is 0 Å². The number of morpholine rings is 1. The third kappa shape index (κ3) is 4.90. The lowest BCUT2D eigenvalue weighted by Gasteiger charge is -2.31. The highest BCUT2D eigenvalue weighted by molar-refractivity contribution is 5.86. The van der Waals surface area contributed by atoms with Gasteiger partial charge in [0.1, 0.15) is 23.5 Å². The van der Waals surface area contributed by atoms with Gasteiger partial charge in [-0.25, -0.2) is 13.8 Å². The normalized spacial score (nSPS) is 21.2. The minimum Gasteiger partial charge on any atom is -0.506 e. The van der Waals surface area contributed by atoms with E-state index >= 15 is 0 Å². The maximum atomic E-state index is 13.9. The van der Waals surface area contributed by atoms with E-state index in [-0.39, 0.29) is 23.7 Å². The minimum absolute atomic E-state index is 0.0207. The van der Waals surface area contributed by atoms with Crippen LogP contribution in [0, 0.1) is 11.6 Å². The topological polar surface area (TPSA) is 92.6 Å². The smallest absolute Gasteiger partial charge is 0.225 e. The summed E-state index contributed by atoms with van der Waals surface area (Å²) in [4.78, 5) is 15.1. The number of aromatic hydroxyl groups is 1. The summed E-state index contributed by atoms with van der Waals surface area (Å²) in [5.74, 6) is -0.0681. The average molecular weight is 457 g/mol. The molecule has 4 heterocycles. The summed E-state index contributed by atoms with van der Waals surface area (Å²) in [7, 11) is 0. The van der Waals surface area contributed by atoms with E-state index in [1.807, 2.05) is 6.07 Å². The highest BCUT2D eigenvalue weighted by Gasteiger charge is 2.25. The van der Waals surface area contributed by atoms with Crippen molar-refractivity contribution < 1.29 is 23.4 Å². The molecule has 0 amide bonds. The van der Waals surface area contributed by atoms with Gasteiger partial charge in [0.15, 0.2) is 11.6 Å². The molecule has 174 valence electrons. The van der Waals surface area contributed by atoms with Crippen LogP contribution in [-0.4, -0.2) is 58.5 Å². The fourth-order valence-corrected chi connectivity index (χ4v) is 4.31. The fourth-order valence-electron chi connectivity index (χ4n) is 4.31. The van der Waals surface area contributed by atoms with Crippen molar-refractivity contribution in [2.45, 2.75) is 37.8 Å². The zero-order valence-electron chi connectivity index (χ0n) is 18.0. The number of nitrogens with one attached hydrogen (secondary N) is 1. The van der Waals surface area contributed by atoms with E-state index in [0.717, 1.165) is 56.9 Å². The third-order valence-corrected chi connectivity index (χ3v) is 6.05. The first-order valence-electron chi connectivity index (χ1n) is 11.1. The molecule has 5 rings (SSSR count). The van der Waals surface area contributed by atoms with Crippen LogP contribution < -0.4 is 15.0 Å². The Morgan fingerprint density at radius 2 is 1.82 bits per heavy atom. The molecule has 1 saturated heterocycles. The summed E-state index contributed by atoms with van der Waals surface area (Å²) < 4.78 is 38.7. The van der Waals surface area contributed by atoms with Gasteiger partial charge in [0.2, 0.25) is 5.88 Å². The number of hydrogen-bond donors (Lipinski definition) is 2. The first-order valence-corrected chi connectivity index (χ1v) is 11.1. The second kappa shape index (κ2) is 9.30. The number of rotatable bonds is 5. The number of fused-ring (bicyclic) bond motifs is 1. The van der Waals surface area contributed by atoms with Gasteiger partial charge >= 0.3 is 0 Å². The first-order chi connectivity index (χ1) is 16.0. The van der Waals surface area contributed by atoms with Gasteiger partial charge in [0.05, 0.1) is 36.5 Å². The highest BCUT2D eigenvalue weighted by Crippen LogP contribution is 2.33. The number of nitrogens with zero attached hydrogens (tertiary/aromatic N) is 4. The lowest BCUT2D eigenvalue weighted by atomic mass is 9.93.